The molecular formula is C12H14N4O3. The molecule has 0 spiro atoms. The van der Waals surface area contributed by atoms with Crippen LogP contribution in [0.15, 0.2) is 29.4 Å². The molecule has 0 saturated carbocycles. The van der Waals surface area contributed by atoms with Crippen molar-refractivity contribution in [2.24, 2.45) is 5.11 Å². The third kappa shape index (κ3) is 5.20. The molecule has 0 aliphatic carbocycles. The summed E-state index contributed by atoms with van der Waals surface area (Å²) in [5, 5.41) is 4.49. The Labute approximate surface area is 110 Å². The molecule has 0 unspecified atom stereocenters. The predicted molar refractivity (Wildman–Crippen MR) is 68.1 cm³/mol. The Kier molecular flexibility index (Phi) is 5.53. The summed E-state index contributed by atoms with van der Waals surface area (Å²) in [4.78, 5) is 30.1. The molecule has 1 aromatic carbocycles. The van der Waals surface area contributed by atoms with Gasteiger partial charge in [-0.05, 0) is 18.0 Å². The molecule has 0 aromatic heterocycles. The molecule has 7 heteroatoms. The maximum Gasteiger partial charge on any atom is 0.253 e. The molecule has 1 rings (SSSR count). The van der Waals surface area contributed by atoms with E-state index in [0.717, 1.165) is 10.6 Å². The van der Waals surface area contributed by atoms with Gasteiger partial charge in [0.25, 0.3) is 5.91 Å². The minimum absolute atomic E-state index is 0.174. The number of amides is 1. The number of Topliss-reactive ketones (excluding diaryl/α,β-unsaturated/α-hetero) is 1. The van der Waals surface area contributed by atoms with Gasteiger partial charge in [-0.2, -0.15) is 0 Å². The first-order valence-corrected chi connectivity index (χ1v) is 5.56. The summed E-state index contributed by atoms with van der Waals surface area (Å²) in [6.07, 6.45) is -0.174. The van der Waals surface area contributed by atoms with Crippen molar-refractivity contribution in [1.29, 1.82) is 0 Å². The highest BCUT2D eigenvalue weighted by Gasteiger charge is 2.11. The third-order valence-electron chi connectivity index (χ3n) is 2.27. The van der Waals surface area contributed by atoms with Crippen LogP contribution in [0.5, 0.6) is 0 Å². The fourth-order valence-electron chi connectivity index (χ4n) is 1.28. The number of rotatable bonds is 6. The van der Waals surface area contributed by atoms with Crippen LogP contribution in [-0.4, -0.2) is 23.8 Å². The monoisotopic (exact) mass is 262 g/mol. The minimum Gasteiger partial charge on any atom is -0.299 e. The second kappa shape index (κ2) is 7.15. The lowest BCUT2D eigenvalue weighted by atomic mass is 10.2. The highest BCUT2D eigenvalue weighted by molar-refractivity contribution is 5.96. The van der Waals surface area contributed by atoms with Gasteiger partial charge in [0.05, 0.1) is 6.42 Å². The Morgan fingerprint density at radius 1 is 1.37 bits per heavy atom. The molecule has 7 nitrogen and oxygen atoms in total. The average Bonchev–Trinajstić information content (AvgIpc) is 2.37. The quantitative estimate of drug-likeness (QED) is 0.259. The molecule has 0 heterocycles. The first-order valence-electron chi connectivity index (χ1n) is 5.56. The molecule has 0 saturated heterocycles. The van der Waals surface area contributed by atoms with Gasteiger partial charge < -0.3 is 0 Å². The number of benzene rings is 1. The van der Waals surface area contributed by atoms with Gasteiger partial charge in [0.1, 0.15) is 12.4 Å². The molecule has 0 aliphatic rings. The first kappa shape index (κ1) is 14.7. The summed E-state index contributed by atoms with van der Waals surface area (Å²) in [7, 11) is 1.46. The summed E-state index contributed by atoms with van der Waals surface area (Å²) >= 11 is 0. The van der Waals surface area contributed by atoms with Crippen LogP contribution in [0.25, 0.3) is 10.4 Å². The van der Waals surface area contributed by atoms with E-state index in [1.807, 2.05) is 0 Å². The van der Waals surface area contributed by atoms with Crippen LogP contribution < -0.4 is 0 Å². The van der Waals surface area contributed by atoms with E-state index in [9.17, 15) is 9.59 Å². The number of carbonyl (C=O) groups is 2. The predicted octanol–water partition coefficient (Wildman–Crippen LogP) is 2.50. The van der Waals surface area contributed by atoms with Crippen LogP contribution >= 0.6 is 0 Å². The molecule has 1 aromatic rings. The Bertz CT molecular complexity index is 506. The van der Waals surface area contributed by atoms with Crippen LogP contribution in [0.4, 0.5) is 5.69 Å². The molecule has 0 bridgehead atoms. The molecule has 19 heavy (non-hydrogen) atoms. The Hall–Kier alpha value is -2.37. The van der Waals surface area contributed by atoms with Gasteiger partial charge in [-0.25, -0.2) is 5.06 Å². The Balaban J connectivity index is 2.49. The van der Waals surface area contributed by atoms with Crippen LogP contribution in [-0.2, 0) is 21.0 Å². The van der Waals surface area contributed by atoms with Gasteiger partial charge in [-0.3, -0.25) is 14.4 Å². The zero-order valence-electron chi connectivity index (χ0n) is 10.7. The highest BCUT2D eigenvalue weighted by Crippen LogP contribution is 2.14. The molecule has 0 radical (unpaired) electrons. The number of hydrogen-bond donors (Lipinski definition) is 0. The van der Waals surface area contributed by atoms with Crippen molar-refractivity contribution in [2.75, 3.05) is 7.05 Å². The van der Waals surface area contributed by atoms with Gasteiger partial charge in [-0.15, -0.1) is 0 Å². The molecule has 0 aliphatic heterocycles. The summed E-state index contributed by atoms with van der Waals surface area (Å²) < 4.78 is 0. The van der Waals surface area contributed by atoms with Crippen molar-refractivity contribution in [3.8, 4) is 0 Å². The molecule has 0 N–H and O–H groups in total. The fourth-order valence-corrected chi connectivity index (χ4v) is 1.28. The third-order valence-corrected chi connectivity index (χ3v) is 2.27. The van der Waals surface area contributed by atoms with E-state index in [0.29, 0.717) is 5.69 Å². The van der Waals surface area contributed by atoms with Crippen molar-refractivity contribution in [3.63, 3.8) is 0 Å². The fraction of sp³-hybridized carbons (Fsp3) is 0.333. The maximum absolute atomic E-state index is 11.4. The van der Waals surface area contributed by atoms with E-state index in [2.05, 4.69) is 10.0 Å². The number of azide groups is 1. The summed E-state index contributed by atoms with van der Waals surface area (Å²) in [5.41, 5.74) is 9.59. The first-order chi connectivity index (χ1) is 9.02. The van der Waals surface area contributed by atoms with Crippen LogP contribution in [0.2, 0.25) is 0 Å². The van der Waals surface area contributed by atoms with Crippen molar-refractivity contribution in [3.05, 3.63) is 40.3 Å². The Morgan fingerprint density at radius 3 is 2.53 bits per heavy atom. The lowest BCUT2D eigenvalue weighted by Gasteiger charge is -2.16. The van der Waals surface area contributed by atoms with Gasteiger partial charge in [0.15, 0.2) is 0 Å². The molecule has 0 fully saturated rings. The van der Waals surface area contributed by atoms with Crippen molar-refractivity contribution in [1.82, 2.24) is 5.06 Å². The van der Waals surface area contributed by atoms with Crippen LogP contribution in [0, 0.1) is 0 Å². The molecule has 1 amide bonds. The lowest BCUT2D eigenvalue weighted by molar-refractivity contribution is -0.182. The van der Waals surface area contributed by atoms with Gasteiger partial charge in [-0.1, -0.05) is 29.4 Å². The maximum atomic E-state index is 11.4. The van der Waals surface area contributed by atoms with Crippen molar-refractivity contribution < 1.29 is 14.4 Å². The van der Waals surface area contributed by atoms with Crippen molar-refractivity contribution >= 4 is 17.4 Å². The summed E-state index contributed by atoms with van der Waals surface area (Å²) in [6, 6.07) is 6.76. The second-order valence-electron chi connectivity index (χ2n) is 3.90. The van der Waals surface area contributed by atoms with Crippen LogP contribution in [0.3, 0.4) is 0 Å². The van der Waals surface area contributed by atoms with E-state index < -0.39 is 5.91 Å². The van der Waals surface area contributed by atoms with E-state index >= 15 is 0 Å². The van der Waals surface area contributed by atoms with E-state index in [1.54, 1.807) is 24.3 Å². The lowest BCUT2D eigenvalue weighted by Crippen LogP contribution is -2.28. The van der Waals surface area contributed by atoms with E-state index in [-0.39, 0.29) is 18.8 Å². The van der Waals surface area contributed by atoms with E-state index in [4.69, 9.17) is 10.4 Å². The van der Waals surface area contributed by atoms with Gasteiger partial charge in [0, 0.05) is 17.6 Å². The van der Waals surface area contributed by atoms with E-state index in [1.165, 1.54) is 14.0 Å². The zero-order valence-corrected chi connectivity index (χ0v) is 10.7. The van der Waals surface area contributed by atoms with Crippen LogP contribution in [0.1, 0.15) is 18.9 Å². The minimum atomic E-state index is -0.391. The topological polar surface area (TPSA) is 95.4 Å². The normalized spacial score (nSPS) is 9.58. The molecular weight excluding hydrogens is 248 g/mol. The summed E-state index contributed by atoms with van der Waals surface area (Å²) in [6.45, 7) is 1.54. The second-order valence-corrected chi connectivity index (χ2v) is 3.90. The van der Waals surface area contributed by atoms with Crippen molar-refractivity contribution in [2.45, 2.75) is 20.0 Å². The Morgan fingerprint density at radius 2 is 2.00 bits per heavy atom. The number of hydrogen-bond acceptors (Lipinski definition) is 4. The van der Waals surface area contributed by atoms with Gasteiger partial charge >= 0.3 is 0 Å². The molecule has 0 atom stereocenters. The number of carbonyl (C=O) groups excluding carboxylic acids is 2. The SMILES string of the molecule is CC(=O)CC(=O)N(C)OCc1ccc(N=[N+]=[N-])cc1. The largest absolute Gasteiger partial charge is 0.299 e. The number of hydroxylamine groups is 2. The standard InChI is InChI=1S/C12H14N4O3/c1-9(17)7-12(18)16(2)19-8-10-3-5-11(6-4-10)14-15-13/h3-6H,7-8H2,1-2H3. The zero-order chi connectivity index (χ0) is 14.3. The molecule has 100 valence electrons. The number of ketones is 1. The summed E-state index contributed by atoms with van der Waals surface area (Å²) in [5.74, 6) is -0.600. The average molecular weight is 262 g/mol. The van der Waals surface area contributed by atoms with Gasteiger partial charge in [0.2, 0.25) is 0 Å². The highest BCUT2D eigenvalue weighted by atomic mass is 16.7. The smallest absolute Gasteiger partial charge is 0.253 e. The number of nitrogens with zero attached hydrogens (tertiary/aromatic N) is 4.